The molecule has 0 saturated heterocycles. The van der Waals surface area contributed by atoms with Crippen molar-refractivity contribution in [1.82, 2.24) is 5.43 Å². The third-order valence-electron chi connectivity index (χ3n) is 2.61. The van der Waals surface area contributed by atoms with Gasteiger partial charge in [0.25, 0.3) is 5.69 Å². The van der Waals surface area contributed by atoms with Gasteiger partial charge in [-0.05, 0) is 12.1 Å². The van der Waals surface area contributed by atoms with E-state index in [2.05, 4.69) is 10.9 Å². The smallest absolute Gasteiger partial charge is 0.279 e. The molecule has 7 heteroatoms. The van der Waals surface area contributed by atoms with Crippen LogP contribution in [0.15, 0.2) is 42.5 Å². The van der Waals surface area contributed by atoms with Gasteiger partial charge in [0.15, 0.2) is 0 Å². The molecule has 0 radical (unpaired) electrons. The Morgan fingerprint density at radius 3 is 2.50 bits per heavy atom. The minimum Gasteiger partial charge on any atom is -0.321 e. The molecule has 104 valence electrons. The lowest BCUT2D eigenvalue weighted by Gasteiger charge is -2.09. The van der Waals surface area contributed by atoms with E-state index in [1.807, 2.05) is 6.07 Å². The molecule has 0 amide bonds. The van der Waals surface area contributed by atoms with Gasteiger partial charge in [-0.3, -0.25) is 10.1 Å². The van der Waals surface area contributed by atoms with Crippen LogP contribution in [-0.2, 0) is 6.54 Å². The predicted octanol–water partition coefficient (Wildman–Crippen LogP) is 2.99. The van der Waals surface area contributed by atoms with Crippen molar-refractivity contribution >= 4 is 11.4 Å². The summed E-state index contributed by atoms with van der Waals surface area (Å²) in [6, 6.07) is 10.3. The molecule has 0 spiro atoms. The molecular weight excluding hydrogens is 268 g/mol. The summed E-state index contributed by atoms with van der Waals surface area (Å²) >= 11 is 0. The second-order valence-electron chi connectivity index (χ2n) is 3.99. The fourth-order valence-electron chi connectivity index (χ4n) is 1.68. The Balaban J connectivity index is 2.11. The molecule has 2 aromatic rings. The van der Waals surface area contributed by atoms with Crippen LogP contribution in [0.4, 0.5) is 20.2 Å². The van der Waals surface area contributed by atoms with Gasteiger partial charge < -0.3 is 5.43 Å². The number of hydrogen-bond donors (Lipinski definition) is 2. The Morgan fingerprint density at radius 1 is 1.15 bits per heavy atom. The Morgan fingerprint density at radius 2 is 1.85 bits per heavy atom. The van der Waals surface area contributed by atoms with Gasteiger partial charge in [0.1, 0.15) is 11.6 Å². The number of nitro groups is 1. The van der Waals surface area contributed by atoms with E-state index >= 15 is 0 Å². The lowest BCUT2D eigenvalue weighted by molar-refractivity contribution is -0.386. The third-order valence-corrected chi connectivity index (χ3v) is 2.61. The second kappa shape index (κ2) is 6.07. The maximum absolute atomic E-state index is 13.6. The largest absolute Gasteiger partial charge is 0.321 e. The quantitative estimate of drug-likeness (QED) is 0.652. The highest BCUT2D eigenvalue weighted by molar-refractivity contribution is 5.43. The molecule has 0 aliphatic heterocycles. The molecule has 2 rings (SSSR count). The summed E-state index contributed by atoms with van der Waals surface area (Å²) in [4.78, 5) is 9.97. The Kier molecular flexibility index (Phi) is 4.21. The Hall–Kier alpha value is -2.54. The van der Waals surface area contributed by atoms with Gasteiger partial charge in [0.2, 0.25) is 0 Å². The van der Waals surface area contributed by atoms with Crippen molar-refractivity contribution in [2.75, 3.05) is 5.43 Å². The first-order valence-electron chi connectivity index (χ1n) is 5.74. The monoisotopic (exact) mass is 279 g/mol. The van der Waals surface area contributed by atoms with E-state index in [4.69, 9.17) is 0 Å². The van der Waals surface area contributed by atoms with Crippen LogP contribution >= 0.6 is 0 Å². The summed E-state index contributed by atoms with van der Waals surface area (Å²) in [5.41, 5.74) is 5.34. The number of rotatable bonds is 5. The summed E-state index contributed by atoms with van der Waals surface area (Å²) in [5, 5.41) is 10.8. The van der Waals surface area contributed by atoms with Crippen molar-refractivity contribution in [3.8, 4) is 0 Å². The predicted molar refractivity (Wildman–Crippen MR) is 69.9 cm³/mol. The molecule has 0 atom stereocenters. The SMILES string of the molecule is O=[N+]([O-])c1cc(F)cc(F)c1CNNc1ccccc1. The fourth-order valence-corrected chi connectivity index (χ4v) is 1.68. The van der Waals surface area contributed by atoms with E-state index in [-0.39, 0.29) is 12.1 Å². The number of para-hydroxylation sites is 1. The molecule has 0 aliphatic carbocycles. The summed E-state index contributed by atoms with van der Waals surface area (Å²) < 4.78 is 26.6. The number of anilines is 1. The zero-order valence-electron chi connectivity index (χ0n) is 10.3. The zero-order valence-corrected chi connectivity index (χ0v) is 10.3. The van der Waals surface area contributed by atoms with Gasteiger partial charge in [-0.1, -0.05) is 18.2 Å². The van der Waals surface area contributed by atoms with E-state index in [0.29, 0.717) is 12.1 Å². The van der Waals surface area contributed by atoms with Crippen LogP contribution in [0.3, 0.4) is 0 Å². The first-order chi connectivity index (χ1) is 9.58. The molecular formula is C13H11F2N3O2. The number of hydrogen-bond acceptors (Lipinski definition) is 4. The van der Waals surface area contributed by atoms with E-state index in [0.717, 1.165) is 5.69 Å². The summed E-state index contributed by atoms with van der Waals surface area (Å²) in [6.07, 6.45) is 0. The normalized spacial score (nSPS) is 10.3. The minimum atomic E-state index is -0.978. The molecule has 5 nitrogen and oxygen atoms in total. The van der Waals surface area contributed by atoms with Gasteiger partial charge in [-0.25, -0.2) is 14.2 Å². The highest BCUT2D eigenvalue weighted by Gasteiger charge is 2.19. The highest BCUT2D eigenvalue weighted by atomic mass is 19.1. The first-order valence-corrected chi connectivity index (χ1v) is 5.74. The van der Waals surface area contributed by atoms with Crippen LogP contribution in [0.5, 0.6) is 0 Å². The van der Waals surface area contributed by atoms with Gasteiger partial charge in [-0.15, -0.1) is 0 Å². The number of nitro benzene ring substituents is 1. The lowest BCUT2D eigenvalue weighted by atomic mass is 10.1. The molecule has 0 aromatic heterocycles. The maximum atomic E-state index is 13.6. The summed E-state index contributed by atoms with van der Waals surface area (Å²) in [5.74, 6) is -1.94. The minimum absolute atomic E-state index is 0.155. The van der Waals surface area contributed by atoms with Crippen molar-refractivity contribution < 1.29 is 13.7 Å². The van der Waals surface area contributed by atoms with E-state index in [1.165, 1.54) is 0 Å². The molecule has 2 N–H and O–H groups in total. The average Bonchev–Trinajstić information content (AvgIpc) is 2.41. The molecule has 0 saturated carbocycles. The van der Waals surface area contributed by atoms with Crippen LogP contribution < -0.4 is 10.9 Å². The van der Waals surface area contributed by atoms with Crippen LogP contribution in [0.25, 0.3) is 0 Å². The van der Waals surface area contributed by atoms with E-state index in [1.54, 1.807) is 24.3 Å². The Labute approximate surface area is 113 Å². The molecule has 0 bridgehead atoms. The van der Waals surface area contributed by atoms with E-state index in [9.17, 15) is 18.9 Å². The number of nitrogens with zero attached hydrogens (tertiary/aromatic N) is 1. The van der Waals surface area contributed by atoms with Crippen LogP contribution in [-0.4, -0.2) is 4.92 Å². The molecule has 2 aromatic carbocycles. The molecule has 0 fully saturated rings. The van der Waals surface area contributed by atoms with Crippen LogP contribution in [0.2, 0.25) is 0 Å². The van der Waals surface area contributed by atoms with Crippen LogP contribution in [0.1, 0.15) is 5.56 Å². The Bertz CT molecular complexity index is 621. The van der Waals surface area contributed by atoms with Crippen molar-refractivity contribution in [3.05, 3.63) is 69.8 Å². The van der Waals surface area contributed by atoms with Gasteiger partial charge in [-0.2, -0.15) is 0 Å². The van der Waals surface area contributed by atoms with Gasteiger partial charge >= 0.3 is 0 Å². The van der Waals surface area contributed by atoms with Crippen molar-refractivity contribution in [2.45, 2.75) is 6.54 Å². The summed E-state index contributed by atoms with van der Waals surface area (Å²) in [7, 11) is 0. The number of benzene rings is 2. The van der Waals surface area contributed by atoms with Gasteiger partial charge in [0, 0.05) is 18.3 Å². The molecule has 0 heterocycles. The molecule has 0 aliphatic rings. The maximum Gasteiger partial charge on any atom is 0.279 e. The van der Waals surface area contributed by atoms with Crippen molar-refractivity contribution in [1.29, 1.82) is 0 Å². The second-order valence-corrected chi connectivity index (χ2v) is 3.99. The highest BCUT2D eigenvalue weighted by Crippen LogP contribution is 2.23. The third kappa shape index (κ3) is 3.27. The van der Waals surface area contributed by atoms with Crippen molar-refractivity contribution in [3.63, 3.8) is 0 Å². The van der Waals surface area contributed by atoms with Gasteiger partial charge in [0.05, 0.1) is 16.6 Å². The fraction of sp³-hybridized carbons (Fsp3) is 0.0769. The molecule has 0 unspecified atom stereocenters. The first kappa shape index (κ1) is 13.9. The standard InChI is InChI=1S/C13H11F2N3O2/c14-9-6-12(15)11(13(7-9)18(19)20)8-16-17-10-4-2-1-3-5-10/h1-7,16-17H,8H2. The van der Waals surface area contributed by atoms with Crippen LogP contribution in [0, 0.1) is 21.7 Å². The number of halogens is 2. The zero-order chi connectivity index (χ0) is 14.5. The summed E-state index contributed by atoms with van der Waals surface area (Å²) in [6.45, 7) is -0.155. The number of hydrazine groups is 1. The average molecular weight is 279 g/mol. The topological polar surface area (TPSA) is 67.2 Å². The molecule has 20 heavy (non-hydrogen) atoms. The van der Waals surface area contributed by atoms with Crippen molar-refractivity contribution in [2.24, 2.45) is 0 Å². The lowest BCUT2D eigenvalue weighted by Crippen LogP contribution is -2.22. The van der Waals surface area contributed by atoms with E-state index < -0.39 is 22.2 Å². The number of nitrogens with one attached hydrogen (secondary N) is 2.